The zero-order valence-corrected chi connectivity index (χ0v) is 14.0. The van der Waals surface area contributed by atoms with Gasteiger partial charge >= 0.3 is 6.03 Å². The average Bonchev–Trinajstić information content (AvgIpc) is 3.45. The molecule has 0 radical (unpaired) electrons. The summed E-state index contributed by atoms with van der Waals surface area (Å²) in [5.74, 6) is 1.59. The predicted octanol–water partition coefficient (Wildman–Crippen LogP) is 3.90. The lowest BCUT2D eigenvalue weighted by atomic mass is 10.2. The maximum atomic E-state index is 12.6. The number of hydrogen-bond acceptors (Lipinski definition) is 3. The van der Waals surface area contributed by atoms with Gasteiger partial charge in [0.25, 0.3) is 0 Å². The Labute approximate surface area is 142 Å². The van der Waals surface area contributed by atoms with Gasteiger partial charge in [-0.3, -0.25) is 0 Å². The van der Waals surface area contributed by atoms with E-state index in [2.05, 4.69) is 5.32 Å². The third-order valence-corrected chi connectivity index (χ3v) is 4.10. The number of carbonyl (C=O) groups excluding carboxylic acids is 1. The van der Waals surface area contributed by atoms with Crippen LogP contribution in [0.5, 0.6) is 11.5 Å². The maximum absolute atomic E-state index is 12.6. The van der Waals surface area contributed by atoms with Crippen LogP contribution in [0.25, 0.3) is 0 Å². The summed E-state index contributed by atoms with van der Waals surface area (Å²) < 4.78 is 10.3. The third kappa shape index (κ3) is 3.98. The molecular weight excluding hydrogens is 304 g/mol. The van der Waals surface area contributed by atoms with Gasteiger partial charge in [-0.15, -0.1) is 0 Å². The van der Waals surface area contributed by atoms with Crippen LogP contribution in [0.3, 0.4) is 0 Å². The van der Waals surface area contributed by atoms with E-state index in [0.29, 0.717) is 12.6 Å². The van der Waals surface area contributed by atoms with Crippen molar-refractivity contribution in [1.29, 1.82) is 0 Å². The van der Waals surface area contributed by atoms with E-state index in [-0.39, 0.29) is 6.03 Å². The third-order valence-electron chi connectivity index (χ3n) is 4.10. The van der Waals surface area contributed by atoms with E-state index in [4.69, 9.17) is 9.47 Å². The molecule has 1 saturated carbocycles. The lowest BCUT2D eigenvalue weighted by molar-refractivity contribution is 0.206. The van der Waals surface area contributed by atoms with Crippen molar-refractivity contribution in [2.24, 2.45) is 0 Å². The van der Waals surface area contributed by atoms with Crippen LogP contribution >= 0.6 is 0 Å². The molecule has 2 amide bonds. The SMILES string of the molecule is COc1ccc(CN(C(=O)Nc2ccc(OC)cc2)C2CC2)cc1. The molecule has 0 bridgehead atoms. The Kier molecular flexibility index (Phi) is 4.89. The van der Waals surface area contributed by atoms with Crippen molar-refractivity contribution in [3.8, 4) is 11.5 Å². The van der Waals surface area contributed by atoms with Gasteiger partial charge in [0.1, 0.15) is 11.5 Å². The number of nitrogens with zero attached hydrogens (tertiary/aromatic N) is 1. The molecule has 0 aliphatic heterocycles. The van der Waals surface area contributed by atoms with Crippen LogP contribution in [0.4, 0.5) is 10.5 Å². The quantitative estimate of drug-likeness (QED) is 0.876. The molecule has 2 aromatic carbocycles. The molecule has 126 valence electrons. The van der Waals surface area contributed by atoms with Crippen molar-refractivity contribution in [2.45, 2.75) is 25.4 Å². The number of nitrogens with one attached hydrogen (secondary N) is 1. The first-order chi connectivity index (χ1) is 11.7. The predicted molar refractivity (Wildman–Crippen MR) is 93.6 cm³/mol. The number of methoxy groups -OCH3 is 2. The largest absolute Gasteiger partial charge is 0.497 e. The highest BCUT2D eigenvalue weighted by Gasteiger charge is 2.32. The molecule has 5 nitrogen and oxygen atoms in total. The van der Waals surface area contributed by atoms with Crippen LogP contribution < -0.4 is 14.8 Å². The van der Waals surface area contributed by atoms with Crippen LogP contribution in [0.15, 0.2) is 48.5 Å². The minimum absolute atomic E-state index is 0.0708. The monoisotopic (exact) mass is 326 g/mol. The fourth-order valence-electron chi connectivity index (χ4n) is 2.55. The molecule has 5 heteroatoms. The van der Waals surface area contributed by atoms with Crippen molar-refractivity contribution in [2.75, 3.05) is 19.5 Å². The van der Waals surface area contributed by atoms with Crippen molar-refractivity contribution in [1.82, 2.24) is 4.90 Å². The van der Waals surface area contributed by atoms with Crippen molar-refractivity contribution < 1.29 is 14.3 Å². The molecule has 3 rings (SSSR count). The number of anilines is 1. The fraction of sp³-hybridized carbons (Fsp3) is 0.316. The van der Waals surface area contributed by atoms with E-state index in [9.17, 15) is 4.79 Å². The van der Waals surface area contributed by atoms with Crippen molar-refractivity contribution >= 4 is 11.7 Å². The summed E-state index contributed by atoms with van der Waals surface area (Å²) in [5.41, 5.74) is 1.86. The normalized spacial score (nSPS) is 13.2. The Morgan fingerprint density at radius 1 is 1.00 bits per heavy atom. The van der Waals surface area contributed by atoms with Gasteiger partial charge in [0, 0.05) is 18.3 Å². The lowest BCUT2D eigenvalue weighted by Crippen LogP contribution is -2.36. The molecule has 0 heterocycles. The topological polar surface area (TPSA) is 50.8 Å². The number of hydrogen-bond donors (Lipinski definition) is 1. The van der Waals surface area contributed by atoms with E-state index >= 15 is 0 Å². The van der Waals surface area contributed by atoms with Crippen LogP contribution in [0.1, 0.15) is 18.4 Å². The summed E-state index contributed by atoms with van der Waals surface area (Å²) in [5, 5.41) is 2.96. The van der Waals surface area contributed by atoms with Gasteiger partial charge in [-0.1, -0.05) is 12.1 Å². The smallest absolute Gasteiger partial charge is 0.322 e. The molecular formula is C19H22N2O3. The molecule has 1 fully saturated rings. The van der Waals surface area contributed by atoms with Crippen molar-refractivity contribution in [3.05, 3.63) is 54.1 Å². The van der Waals surface area contributed by atoms with Crippen molar-refractivity contribution in [3.63, 3.8) is 0 Å². The van der Waals surface area contributed by atoms with Crippen LogP contribution in [-0.2, 0) is 6.54 Å². The maximum Gasteiger partial charge on any atom is 0.322 e. The highest BCUT2D eigenvalue weighted by molar-refractivity contribution is 5.89. The summed E-state index contributed by atoms with van der Waals surface area (Å²) in [7, 11) is 3.27. The first kappa shape index (κ1) is 16.2. The number of carbonyl (C=O) groups is 1. The Hall–Kier alpha value is -2.69. The molecule has 0 spiro atoms. The zero-order chi connectivity index (χ0) is 16.9. The molecule has 0 atom stereocenters. The Bertz CT molecular complexity index is 679. The molecule has 2 aromatic rings. The van der Waals surface area contributed by atoms with Gasteiger partial charge < -0.3 is 19.7 Å². The van der Waals surface area contributed by atoms with Crippen LogP contribution in [-0.4, -0.2) is 31.2 Å². The highest BCUT2D eigenvalue weighted by atomic mass is 16.5. The number of rotatable bonds is 6. The van der Waals surface area contributed by atoms with Gasteiger partial charge in [-0.2, -0.15) is 0 Å². The van der Waals surface area contributed by atoms with E-state index in [1.165, 1.54) is 0 Å². The number of amides is 2. The molecule has 0 aromatic heterocycles. The van der Waals surface area contributed by atoms with E-state index in [1.807, 2.05) is 53.4 Å². The lowest BCUT2D eigenvalue weighted by Gasteiger charge is -2.23. The first-order valence-electron chi connectivity index (χ1n) is 8.04. The Balaban J connectivity index is 1.66. The highest BCUT2D eigenvalue weighted by Crippen LogP contribution is 2.29. The standard InChI is InChI=1S/C19H22N2O3/c1-23-17-9-3-14(4-10-17)13-21(16-7-8-16)19(22)20-15-5-11-18(24-2)12-6-15/h3-6,9-12,16H,7-8,13H2,1-2H3,(H,20,22). The van der Waals surface area contributed by atoms with Gasteiger partial charge in [-0.25, -0.2) is 4.79 Å². The Morgan fingerprint density at radius 3 is 2.04 bits per heavy atom. The van der Waals surface area contributed by atoms with Gasteiger partial charge in [0.15, 0.2) is 0 Å². The molecule has 1 N–H and O–H groups in total. The summed E-state index contributed by atoms with van der Waals surface area (Å²) in [6, 6.07) is 15.4. The van der Waals surface area contributed by atoms with Crippen LogP contribution in [0.2, 0.25) is 0 Å². The Morgan fingerprint density at radius 2 is 1.54 bits per heavy atom. The van der Waals surface area contributed by atoms with E-state index in [1.54, 1.807) is 14.2 Å². The van der Waals surface area contributed by atoms with E-state index < -0.39 is 0 Å². The summed E-state index contributed by atoms with van der Waals surface area (Å²) in [4.78, 5) is 14.5. The molecule has 1 aliphatic rings. The fourth-order valence-corrected chi connectivity index (χ4v) is 2.55. The van der Waals surface area contributed by atoms with E-state index in [0.717, 1.165) is 35.6 Å². The molecule has 0 saturated heterocycles. The number of ether oxygens (including phenoxy) is 2. The number of urea groups is 1. The van der Waals surface area contributed by atoms with Gasteiger partial charge in [-0.05, 0) is 54.8 Å². The summed E-state index contributed by atoms with van der Waals surface area (Å²) in [6.07, 6.45) is 2.12. The summed E-state index contributed by atoms with van der Waals surface area (Å²) >= 11 is 0. The summed E-state index contributed by atoms with van der Waals surface area (Å²) in [6.45, 7) is 0.594. The second-order valence-electron chi connectivity index (χ2n) is 5.87. The molecule has 0 unspecified atom stereocenters. The van der Waals surface area contributed by atoms with Gasteiger partial charge in [0.2, 0.25) is 0 Å². The minimum atomic E-state index is -0.0708. The second-order valence-corrected chi connectivity index (χ2v) is 5.87. The molecule has 24 heavy (non-hydrogen) atoms. The number of benzene rings is 2. The van der Waals surface area contributed by atoms with Gasteiger partial charge in [0.05, 0.1) is 14.2 Å². The first-order valence-corrected chi connectivity index (χ1v) is 8.04. The second kappa shape index (κ2) is 7.25. The molecule has 1 aliphatic carbocycles. The van der Waals surface area contributed by atoms with Crippen LogP contribution in [0, 0.1) is 0 Å². The minimum Gasteiger partial charge on any atom is -0.497 e. The zero-order valence-electron chi connectivity index (χ0n) is 14.0. The average molecular weight is 326 g/mol.